The third-order valence-corrected chi connectivity index (χ3v) is 3.41. The quantitative estimate of drug-likeness (QED) is 0.766. The topological polar surface area (TPSA) is 12.0 Å². The Hall–Kier alpha value is -0.210. The molecule has 1 aromatic carbocycles. The molecule has 0 fully saturated rings. The van der Waals surface area contributed by atoms with Crippen LogP contribution >= 0.6 is 34.8 Å². The maximum atomic E-state index is 6.12. The molecule has 0 saturated heterocycles. The highest BCUT2D eigenvalue weighted by Gasteiger charge is 2.07. The Labute approximate surface area is 118 Å². The first-order chi connectivity index (χ1) is 7.91. The number of halogens is 3. The molecule has 0 aromatic heterocycles. The highest BCUT2D eigenvalue weighted by atomic mass is 35.5. The number of hydrogen-bond acceptors (Lipinski definition) is 1. The second-order valence-corrected chi connectivity index (χ2v) is 5.48. The van der Waals surface area contributed by atoms with Crippen molar-refractivity contribution in [2.24, 2.45) is 0 Å². The summed E-state index contributed by atoms with van der Waals surface area (Å²) in [6.45, 7) is 7.04. The lowest BCUT2D eigenvalue weighted by molar-refractivity contribution is 0.623. The molecule has 1 aromatic rings. The van der Waals surface area contributed by atoms with E-state index in [1.807, 2.05) is 13.0 Å². The molecular weight excluding hydrogens is 277 g/mol. The first kappa shape index (κ1) is 14.8. The normalized spacial score (nSPS) is 12.3. The Morgan fingerprint density at radius 3 is 2.41 bits per heavy atom. The monoisotopic (exact) mass is 291 g/mol. The van der Waals surface area contributed by atoms with Gasteiger partial charge in [0.1, 0.15) is 0 Å². The van der Waals surface area contributed by atoms with Crippen molar-refractivity contribution in [2.75, 3.05) is 6.54 Å². The van der Waals surface area contributed by atoms with Gasteiger partial charge >= 0.3 is 0 Å². The van der Waals surface area contributed by atoms with Crippen molar-refractivity contribution in [2.45, 2.75) is 26.8 Å². The lowest BCUT2D eigenvalue weighted by atomic mass is 10.1. The van der Waals surface area contributed by atoms with Crippen LogP contribution in [0.15, 0.2) is 17.7 Å². The molecule has 1 N–H and O–H groups in total. The van der Waals surface area contributed by atoms with Crippen molar-refractivity contribution in [3.63, 3.8) is 0 Å². The molecule has 0 bridgehead atoms. The molecule has 0 aliphatic rings. The summed E-state index contributed by atoms with van der Waals surface area (Å²) in [6.07, 6.45) is 1.96. The van der Waals surface area contributed by atoms with Gasteiger partial charge in [-0.3, -0.25) is 0 Å². The Morgan fingerprint density at radius 1 is 1.24 bits per heavy atom. The van der Waals surface area contributed by atoms with Crippen LogP contribution in [0.5, 0.6) is 0 Å². The average Bonchev–Trinajstić information content (AvgIpc) is 2.27. The molecule has 0 amide bonds. The van der Waals surface area contributed by atoms with E-state index in [-0.39, 0.29) is 0 Å². The Morgan fingerprint density at radius 2 is 1.82 bits per heavy atom. The molecule has 0 aliphatic heterocycles. The van der Waals surface area contributed by atoms with Crippen LogP contribution in [-0.2, 0) is 0 Å². The number of nitrogens with one attached hydrogen (secondary N) is 1. The van der Waals surface area contributed by atoms with E-state index in [0.717, 1.165) is 17.7 Å². The molecule has 17 heavy (non-hydrogen) atoms. The van der Waals surface area contributed by atoms with Crippen molar-refractivity contribution in [3.05, 3.63) is 38.3 Å². The van der Waals surface area contributed by atoms with E-state index in [0.29, 0.717) is 21.1 Å². The molecule has 0 atom stereocenters. The van der Waals surface area contributed by atoms with Crippen LogP contribution in [-0.4, -0.2) is 12.6 Å². The summed E-state index contributed by atoms with van der Waals surface area (Å²) in [6, 6.07) is 3.90. The van der Waals surface area contributed by atoms with Crippen LogP contribution in [0, 0.1) is 0 Å². The summed E-state index contributed by atoms with van der Waals surface area (Å²) in [7, 11) is 0. The van der Waals surface area contributed by atoms with Gasteiger partial charge in [0.05, 0.1) is 10.0 Å². The SMILES string of the molecule is C/C(=C\c1c(Cl)ccc(Cl)c1Cl)CNC(C)C. The second kappa shape index (κ2) is 6.65. The van der Waals surface area contributed by atoms with Crippen LogP contribution < -0.4 is 5.32 Å². The Balaban J connectivity index is 2.93. The van der Waals surface area contributed by atoms with E-state index in [1.165, 1.54) is 0 Å². The van der Waals surface area contributed by atoms with Crippen LogP contribution in [0.4, 0.5) is 0 Å². The predicted octanol–water partition coefficient (Wildman–Crippen LogP) is 5.05. The highest BCUT2D eigenvalue weighted by molar-refractivity contribution is 6.44. The molecule has 4 heteroatoms. The summed E-state index contributed by atoms with van der Waals surface area (Å²) >= 11 is 18.2. The zero-order valence-corrected chi connectivity index (χ0v) is 12.4. The van der Waals surface area contributed by atoms with Crippen LogP contribution in [0.2, 0.25) is 15.1 Å². The van der Waals surface area contributed by atoms with Gasteiger partial charge in [0.15, 0.2) is 0 Å². The molecule has 0 unspecified atom stereocenters. The molecule has 0 aliphatic carbocycles. The summed E-state index contributed by atoms with van der Waals surface area (Å²) in [5, 5.41) is 4.97. The number of benzene rings is 1. The zero-order chi connectivity index (χ0) is 13.0. The van der Waals surface area contributed by atoms with Crippen LogP contribution in [0.3, 0.4) is 0 Å². The molecule has 1 nitrogen and oxygen atoms in total. The minimum absolute atomic E-state index is 0.448. The van der Waals surface area contributed by atoms with E-state index >= 15 is 0 Å². The molecule has 0 saturated carbocycles. The van der Waals surface area contributed by atoms with E-state index in [4.69, 9.17) is 34.8 Å². The number of rotatable bonds is 4. The highest BCUT2D eigenvalue weighted by Crippen LogP contribution is 2.32. The summed E-state index contributed by atoms with van der Waals surface area (Å²) < 4.78 is 0. The van der Waals surface area contributed by atoms with E-state index in [9.17, 15) is 0 Å². The summed E-state index contributed by atoms with van der Waals surface area (Å²) in [4.78, 5) is 0. The smallest absolute Gasteiger partial charge is 0.0679 e. The van der Waals surface area contributed by atoms with Crippen molar-refractivity contribution in [3.8, 4) is 0 Å². The fourth-order valence-electron chi connectivity index (χ4n) is 1.34. The minimum atomic E-state index is 0.448. The second-order valence-electron chi connectivity index (χ2n) is 4.28. The average molecular weight is 293 g/mol. The molecule has 1 rings (SSSR count). The molecular formula is C13H16Cl3N. The first-order valence-corrected chi connectivity index (χ1v) is 6.59. The zero-order valence-electron chi connectivity index (χ0n) is 10.2. The van der Waals surface area contributed by atoms with Crippen LogP contribution in [0.25, 0.3) is 6.08 Å². The van der Waals surface area contributed by atoms with Gasteiger partial charge in [-0.15, -0.1) is 0 Å². The minimum Gasteiger partial charge on any atom is -0.311 e. The predicted molar refractivity (Wildman–Crippen MR) is 78.3 cm³/mol. The van der Waals surface area contributed by atoms with Crippen molar-refractivity contribution in [1.29, 1.82) is 0 Å². The third-order valence-electron chi connectivity index (χ3n) is 2.26. The maximum absolute atomic E-state index is 6.12. The van der Waals surface area contributed by atoms with Gasteiger partial charge in [-0.1, -0.05) is 60.3 Å². The van der Waals surface area contributed by atoms with E-state index < -0.39 is 0 Å². The molecule has 0 radical (unpaired) electrons. The lowest BCUT2D eigenvalue weighted by Gasteiger charge is -2.09. The van der Waals surface area contributed by atoms with Crippen molar-refractivity contribution in [1.82, 2.24) is 5.32 Å². The van der Waals surface area contributed by atoms with E-state index in [2.05, 4.69) is 19.2 Å². The lowest BCUT2D eigenvalue weighted by Crippen LogP contribution is -2.24. The third kappa shape index (κ3) is 4.51. The fourth-order valence-corrected chi connectivity index (χ4v) is 1.98. The Bertz CT molecular complexity index is 425. The van der Waals surface area contributed by atoms with Gasteiger partial charge in [-0.2, -0.15) is 0 Å². The van der Waals surface area contributed by atoms with Gasteiger partial charge in [0.25, 0.3) is 0 Å². The van der Waals surface area contributed by atoms with Gasteiger partial charge in [-0.25, -0.2) is 0 Å². The summed E-state index contributed by atoms with van der Waals surface area (Å²) in [5.74, 6) is 0. The fraction of sp³-hybridized carbons (Fsp3) is 0.385. The van der Waals surface area contributed by atoms with Crippen molar-refractivity contribution < 1.29 is 0 Å². The summed E-state index contributed by atoms with van der Waals surface area (Å²) in [5.41, 5.74) is 1.94. The molecule has 0 heterocycles. The first-order valence-electron chi connectivity index (χ1n) is 5.46. The largest absolute Gasteiger partial charge is 0.311 e. The maximum Gasteiger partial charge on any atom is 0.0679 e. The van der Waals surface area contributed by atoms with Gasteiger partial charge in [0.2, 0.25) is 0 Å². The Kier molecular flexibility index (Phi) is 5.81. The molecule has 94 valence electrons. The van der Waals surface area contributed by atoms with Gasteiger partial charge in [0, 0.05) is 23.2 Å². The van der Waals surface area contributed by atoms with Crippen LogP contribution in [0.1, 0.15) is 26.3 Å². The van der Waals surface area contributed by atoms with Gasteiger partial charge in [-0.05, 0) is 19.1 Å². The number of hydrogen-bond donors (Lipinski definition) is 1. The van der Waals surface area contributed by atoms with Gasteiger partial charge < -0.3 is 5.32 Å². The van der Waals surface area contributed by atoms with Crippen molar-refractivity contribution >= 4 is 40.9 Å². The van der Waals surface area contributed by atoms with E-state index in [1.54, 1.807) is 12.1 Å². The standard InChI is InChI=1S/C13H16Cl3N/c1-8(2)17-7-9(3)6-10-11(14)4-5-12(15)13(10)16/h4-6,8,17H,7H2,1-3H3/b9-6+. The molecule has 0 spiro atoms.